The van der Waals surface area contributed by atoms with Gasteiger partial charge in [0.2, 0.25) is 17.7 Å². The molecule has 0 radical (unpaired) electrons. The summed E-state index contributed by atoms with van der Waals surface area (Å²) in [5.41, 5.74) is 4.25. The van der Waals surface area contributed by atoms with E-state index in [2.05, 4.69) is 84.4 Å². The Labute approximate surface area is 471 Å². The highest BCUT2D eigenvalue weighted by atomic mass is 19.1. The number of aliphatic hydroxyl groups excluding tert-OH is 2. The Hall–Kier alpha value is -6.20. The smallest absolute Gasteiger partial charge is 0.407 e. The van der Waals surface area contributed by atoms with E-state index in [9.17, 15) is 47.0 Å². The van der Waals surface area contributed by atoms with E-state index in [1.54, 1.807) is 20.8 Å². The maximum atomic E-state index is 13.8. The summed E-state index contributed by atoms with van der Waals surface area (Å²) in [6.07, 6.45) is 4.08. The predicted octanol–water partition coefficient (Wildman–Crippen LogP) is 6.59. The van der Waals surface area contributed by atoms with Crippen molar-refractivity contribution in [1.82, 2.24) is 26.3 Å². The highest BCUT2D eigenvalue weighted by Gasteiger charge is 2.47. The number of hydrogen-bond acceptors (Lipinski definition) is 14. The van der Waals surface area contributed by atoms with Crippen molar-refractivity contribution >= 4 is 35.2 Å². The summed E-state index contributed by atoms with van der Waals surface area (Å²) in [7, 11) is 1.27. The summed E-state index contributed by atoms with van der Waals surface area (Å²) < 4.78 is 71.7. The molecule has 6 fully saturated rings. The van der Waals surface area contributed by atoms with E-state index >= 15 is 0 Å². The third kappa shape index (κ3) is 16.3. The van der Waals surface area contributed by atoms with Gasteiger partial charge in [-0.05, 0) is 143 Å². The fourth-order valence-electron chi connectivity index (χ4n) is 11.4. The lowest BCUT2D eigenvalue weighted by atomic mass is 9.99. The van der Waals surface area contributed by atoms with Gasteiger partial charge in [-0.25, -0.2) is 22.4 Å². The second-order valence-corrected chi connectivity index (χ2v) is 23.2. The molecule has 4 heterocycles. The maximum absolute atomic E-state index is 13.8. The van der Waals surface area contributed by atoms with Crippen LogP contribution in [-0.4, -0.2) is 140 Å². The van der Waals surface area contributed by atoms with Crippen LogP contribution in [0.3, 0.4) is 0 Å². The Balaban J connectivity index is 0.000000185. The summed E-state index contributed by atoms with van der Waals surface area (Å²) in [6, 6.07) is 22.9. The molecule has 2 saturated carbocycles. The summed E-state index contributed by atoms with van der Waals surface area (Å²) in [4.78, 5) is 54.3. The number of alkyl carbamates (subject to hydrolysis) is 1. The Morgan fingerprint density at radius 2 is 1.06 bits per heavy atom. The molecule has 8 atom stereocenters. The van der Waals surface area contributed by atoms with Gasteiger partial charge in [-0.1, -0.05) is 24.3 Å². The van der Waals surface area contributed by atoms with Gasteiger partial charge in [0.1, 0.15) is 28.9 Å². The summed E-state index contributed by atoms with van der Waals surface area (Å²) in [6.45, 7) is 12.9. The second kappa shape index (κ2) is 25.9. The lowest BCUT2D eigenvalue weighted by Gasteiger charge is -2.31. The zero-order chi connectivity index (χ0) is 58.4. The molecule has 440 valence electrons. The van der Waals surface area contributed by atoms with Gasteiger partial charge in [0.25, 0.3) is 0 Å². The van der Waals surface area contributed by atoms with Crippen LogP contribution >= 0.6 is 0 Å². The van der Waals surface area contributed by atoms with E-state index in [-0.39, 0.29) is 42.9 Å². The maximum Gasteiger partial charge on any atom is 0.407 e. The molecule has 0 aromatic heterocycles. The van der Waals surface area contributed by atoms with Gasteiger partial charge in [0.15, 0.2) is 0 Å². The minimum Gasteiger partial charge on any atom is -0.444 e. The quantitative estimate of drug-likeness (QED) is 0.0434. The van der Waals surface area contributed by atoms with Crippen LogP contribution in [0.4, 0.5) is 33.7 Å². The number of nitrogens with zero attached hydrogens (tertiary/aromatic N) is 3. The molecule has 4 aromatic rings. The zero-order valence-electron chi connectivity index (χ0n) is 47.1. The van der Waals surface area contributed by atoms with Crippen LogP contribution in [0.1, 0.15) is 102 Å². The van der Waals surface area contributed by atoms with Gasteiger partial charge >= 0.3 is 6.09 Å². The molecule has 6 N–H and O–H groups in total. The molecule has 4 saturated heterocycles. The molecule has 6 aliphatic rings. The monoisotopic (exact) mass is 1130 g/mol. The Kier molecular flexibility index (Phi) is 19.5. The molecule has 10 rings (SSSR count). The number of imide groups is 1. The van der Waals surface area contributed by atoms with Crippen LogP contribution < -0.4 is 31.1 Å². The molecule has 4 bridgehead atoms. The topological polar surface area (TPSA) is 203 Å². The minimum absolute atomic E-state index is 0.0405. The fraction of sp³-hybridized carbons (Fsp3) is 0.533. The number of rotatable bonds is 19. The standard InChI is InChI=1S/C29H37F2N3O4.C26H31F2N3O3.C5H9NO3/c1-28(2,3)38-27(36)33-25(11-18-9-20(30)13-21(31)10-18)26(35)15-32-29(7-8-29)19-5-4-6-22(12-19)34-16-24-14-23(34)17-37-24;1-16(32)30-24(9-17-7-19(27)11-20(28)8-17)25(33)13-29-26(5-6-26)18-3-2-4-21(10-18)31-14-23-12-22(31)15-34-23;1-4(7)6(9-3)5(2)8/h4-6,9-10,12-13,23-26,32,35H,7-8,11,14-17H2,1-3H3,(H,33,36);2-4,7-8,10-11,22-25,29,33H,5-6,9,12-15H2,1H3,(H,30,32);1-3H3. The number of hydroxylamine groups is 2. The van der Waals surface area contributed by atoms with E-state index in [4.69, 9.17) is 14.2 Å². The van der Waals surface area contributed by atoms with E-state index in [0.717, 1.165) is 82.5 Å². The number of anilines is 2. The first kappa shape index (κ1) is 60.9. The number of amides is 4. The number of carbonyl (C=O) groups excluding carboxylic acids is 4. The third-order valence-corrected chi connectivity index (χ3v) is 15.6. The predicted molar refractivity (Wildman–Crippen MR) is 295 cm³/mol. The SMILES string of the molecule is CC(=O)NC(Cc1cc(F)cc(F)c1)C(O)CNC1(c2cccc(N3CC4CC3CO4)c2)CC1.CC(C)(C)OC(=O)NC(Cc1cc(F)cc(F)c1)C(O)CNC1(c2cccc(N3CC4CC3CO4)c2)CC1.CON(C(C)=O)C(C)=O. The van der Waals surface area contributed by atoms with Crippen molar-refractivity contribution in [2.24, 2.45) is 0 Å². The van der Waals surface area contributed by atoms with Crippen LogP contribution in [0, 0.1) is 23.3 Å². The normalized spacial score (nSPS) is 22.0. The van der Waals surface area contributed by atoms with Gasteiger partial charge in [0, 0.05) is 81.5 Å². The largest absolute Gasteiger partial charge is 0.444 e. The number of fused-ring (bicyclic) bond motifs is 4. The Bertz CT molecular complexity index is 2810. The van der Waals surface area contributed by atoms with Gasteiger partial charge in [-0.3, -0.25) is 19.2 Å². The van der Waals surface area contributed by atoms with Crippen LogP contribution in [-0.2, 0) is 57.4 Å². The number of benzene rings is 4. The molecule has 17 nitrogen and oxygen atoms in total. The van der Waals surface area contributed by atoms with Crippen molar-refractivity contribution in [1.29, 1.82) is 0 Å². The minimum atomic E-state index is -1.03. The number of aliphatic hydroxyl groups is 2. The van der Waals surface area contributed by atoms with Crippen molar-refractivity contribution < 1.29 is 66.0 Å². The lowest BCUT2D eigenvalue weighted by Crippen LogP contribution is -2.51. The van der Waals surface area contributed by atoms with Gasteiger partial charge in [0.05, 0.1) is 68.9 Å². The molecule has 0 spiro atoms. The molecular weight excluding hydrogens is 1050 g/mol. The summed E-state index contributed by atoms with van der Waals surface area (Å²) >= 11 is 0. The number of morpholine rings is 2. The number of nitrogens with one attached hydrogen (secondary N) is 4. The third-order valence-electron chi connectivity index (χ3n) is 15.6. The van der Waals surface area contributed by atoms with Gasteiger partial charge < -0.3 is 55.5 Å². The fourth-order valence-corrected chi connectivity index (χ4v) is 11.4. The van der Waals surface area contributed by atoms with Crippen molar-refractivity contribution in [3.63, 3.8) is 0 Å². The van der Waals surface area contributed by atoms with Crippen molar-refractivity contribution in [2.75, 3.05) is 56.3 Å². The van der Waals surface area contributed by atoms with Crippen LogP contribution in [0.15, 0.2) is 84.9 Å². The first-order valence-electron chi connectivity index (χ1n) is 27.8. The van der Waals surface area contributed by atoms with E-state index < -0.39 is 71.1 Å². The Morgan fingerprint density at radius 3 is 1.37 bits per heavy atom. The number of hydrogen-bond donors (Lipinski definition) is 6. The van der Waals surface area contributed by atoms with E-state index in [1.807, 2.05) is 0 Å². The van der Waals surface area contributed by atoms with Gasteiger partial charge in [-0.2, -0.15) is 5.06 Å². The summed E-state index contributed by atoms with van der Waals surface area (Å²) in [5.74, 6) is -3.91. The van der Waals surface area contributed by atoms with Crippen molar-refractivity contribution in [3.8, 4) is 0 Å². The molecule has 4 aromatic carbocycles. The second-order valence-electron chi connectivity index (χ2n) is 23.2. The molecule has 4 amide bonds. The average Bonchev–Trinajstić information content (AvgIpc) is 4.28. The van der Waals surface area contributed by atoms with E-state index in [1.165, 1.54) is 69.1 Å². The highest BCUT2D eigenvalue weighted by molar-refractivity contribution is 5.91. The van der Waals surface area contributed by atoms with E-state index in [0.29, 0.717) is 40.5 Å². The number of halogens is 4. The molecule has 21 heteroatoms. The van der Waals surface area contributed by atoms with Crippen LogP contribution in [0.2, 0.25) is 0 Å². The molecular formula is C60H77F4N7O10. The van der Waals surface area contributed by atoms with Crippen LogP contribution in [0.5, 0.6) is 0 Å². The lowest BCUT2D eigenvalue weighted by molar-refractivity contribution is -0.184. The number of ether oxygens (including phenoxy) is 3. The van der Waals surface area contributed by atoms with Crippen molar-refractivity contribution in [2.45, 2.75) is 158 Å². The molecule has 8 unspecified atom stereocenters. The van der Waals surface area contributed by atoms with Crippen LogP contribution in [0.25, 0.3) is 0 Å². The molecule has 4 aliphatic heterocycles. The average molecular weight is 1130 g/mol. The first-order valence-corrected chi connectivity index (χ1v) is 27.8. The zero-order valence-corrected chi connectivity index (χ0v) is 47.1. The highest BCUT2D eigenvalue weighted by Crippen LogP contribution is 2.48. The van der Waals surface area contributed by atoms with Gasteiger partial charge in [-0.15, -0.1) is 0 Å². The van der Waals surface area contributed by atoms with Crippen molar-refractivity contribution in [3.05, 3.63) is 130 Å². The molecule has 2 aliphatic carbocycles. The Morgan fingerprint density at radius 1 is 0.654 bits per heavy atom. The number of carbonyl (C=O) groups is 4. The summed E-state index contributed by atoms with van der Waals surface area (Å²) in [5, 5.41) is 35.2. The first-order chi connectivity index (χ1) is 38.4. The molecule has 81 heavy (non-hydrogen) atoms.